The highest BCUT2D eigenvalue weighted by Crippen LogP contribution is 2.26. The summed E-state index contributed by atoms with van der Waals surface area (Å²) in [6.45, 7) is 4.97. The van der Waals surface area contributed by atoms with E-state index >= 15 is 0 Å². The Morgan fingerprint density at radius 3 is 2.37 bits per heavy atom. The van der Waals surface area contributed by atoms with Crippen molar-refractivity contribution in [1.82, 2.24) is 24.0 Å². The van der Waals surface area contributed by atoms with Gasteiger partial charge in [0.25, 0.3) is 0 Å². The second-order valence-corrected chi connectivity index (χ2v) is 10.7. The number of piperidine rings is 1. The Labute approximate surface area is 241 Å². The molecule has 0 bridgehead atoms. The fourth-order valence-corrected chi connectivity index (χ4v) is 5.57. The number of anilines is 1. The van der Waals surface area contributed by atoms with Crippen LogP contribution in [0, 0.1) is 0 Å². The number of aromatic nitrogens is 4. The average Bonchev–Trinajstić information content (AvgIpc) is 3.45. The maximum atomic E-state index is 12.5. The van der Waals surface area contributed by atoms with Gasteiger partial charge in [0.15, 0.2) is 0 Å². The van der Waals surface area contributed by atoms with Crippen molar-refractivity contribution in [3.8, 4) is 5.75 Å². The lowest BCUT2D eigenvalue weighted by Crippen LogP contribution is -2.37. The van der Waals surface area contributed by atoms with Crippen molar-refractivity contribution in [1.29, 1.82) is 0 Å². The van der Waals surface area contributed by atoms with Gasteiger partial charge in [0.2, 0.25) is 5.91 Å². The lowest BCUT2D eigenvalue weighted by Gasteiger charge is -2.32. The SMILES string of the molecule is CC(=O)Nc1ccc(O)cc1.O=c1[nH]c2ccccc2n1CCCN1CCC(n2c(=O)[nH]c3cc(Cl)ccc32)CC1. The van der Waals surface area contributed by atoms with Crippen LogP contribution in [0.4, 0.5) is 5.69 Å². The van der Waals surface area contributed by atoms with Crippen molar-refractivity contribution in [2.45, 2.75) is 38.8 Å². The molecule has 11 heteroatoms. The summed E-state index contributed by atoms with van der Waals surface area (Å²) in [6, 6.07) is 19.8. The van der Waals surface area contributed by atoms with Crippen molar-refractivity contribution < 1.29 is 9.90 Å². The molecule has 3 aromatic carbocycles. The molecule has 10 nitrogen and oxygen atoms in total. The second kappa shape index (κ2) is 12.5. The minimum absolute atomic E-state index is 0.0475. The lowest BCUT2D eigenvalue weighted by molar-refractivity contribution is -0.114. The quantitative estimate of drug-likeness (QED) is 0.218. The number of hydrogen-bond donors (Lipinski definition) is 4. The summed E-state index contributed by atoms with van der Waals surface area (Å²) in [6.07, 6.45) is 2.78. The molecule has 1 saturated heterocycles. The second-order valence-electron chi connectivity index (χ2n) is 10.2. The molecule has 0 radical (unpaired) electrons. The summed E-state index contributed by atoms with van der Waals surface area (Å²) in [5.74, 6) is 0.0785. The Morgan fingerprint density at radius 1 is 0.927 bits per heavy atom. The van der Waals surface area contributed by atoms with Gasteiger partial charge in [0.05, 0.1) is 22.1 Å². The molecule has 1 amide bonds. The minimum Gasteiger partial charge on any atom is -0.508 e. The van der Waals surface area contributed by atoms with E-state index < -0.39 is 0 Å². The topological polar surface area (TPSA) is 128 Å². The number of carbonyl (C=O) groups excluding carboxylic acids is 1. The molecule has 0 spiro atoms. The van der Waals surface area contributed by atoms with Crippen molar-refractivity contribution in [3.63, 3.8) is 0 Å². The van der Waals surface area contributed by atoms with E-state index in [1.807, 2.05) is 45.5 Å². The van der Waals surface area contributed by atoms with E-state index in [2.05, 4.69) is 20.2 Å². The first-order chi connectivity index (χ1) is 19.8. The molecule has 0 saturated carbocycles. The van der Waals surface area contributed by atoms with E-state index in [9.17, 15) is 14.4 Å². The van der Waals surface area contributed by atoms with Gasteiger partial charge in [-0.1, -0.05) is 23.7 Å². The summed E-state index contributed by atoms with van der Waals surface area (Å²) in [7, 11) is 0. The highest BCUT2D eigenvalue weighted by molar-refractivity contribution is 6.31. The number of amides is 1. The van der Waals surface area contributed by atoms with Gasteiger partial charge in [-0.05, 0) is 80.4 Å². The van der Waals surface area contributed by atoms with Gasteiger partial charge in [-0.15, -0.1) is 0 Å². The minimum atomic E-state index is -0.115. The number of aryl methyl sites for hydroxylation is 1. The van der Waals surface area contributed by atoms with E-state index in [4.69, 9.17) is 16.7 Å². The smallest absolute Gasteiger partial charge is 0.326 e. The van der Waals surface area contributed by atoms with Crippen LogP contribution in [0.2, 0.25) is 5.02 Å². The number of imidazole rings is 2. The number of para-hydroxylation sites is 2. The van der Waals surface area contributed by atoms with Gasteiger partial charge >= 0.3 is 11.4 Å². The standard InChI is InChI=1S/C22H24ClN5O2.C8H9NO2/c23-15-6-7-20-18(14-15)25-22(30)28(20)16-8-12-26(13-9-16)10-3-11-27-19-5-2-1-4-17(19)24-21(27)29;1-6(10)9-7-2-4-8(11)5-3-7/h1-2,4-7,14,16H,3,8-13H2,(H,24,29)(H,25,30);2-5,11H,1H3,(H,9,10). The molecule has 6 rings (SSSR count). The van der Waals surface area contributed by atoms with E-state index in [0.717, 1.165) is 61.0 Å². The Morgan fingerprint density at radius 2 is 1.63 bits per heavy atom. The van der Waals surface area contributed by atoms with Gasteiger partial charge in [-0.2, -0.15) is 0 Å². The first kappa shape index (κ1) is 28.3. The molecule has 1 fully saturated rings. The van der Waals surface area contributed by atoms with Crippen molar-refractivity contribution >= 4 is 45.3 Å². The summed E-state index contributed by atoms with van der Waals surface area (Å²) < 4.78 is 3.70. The molecule has 0 atom stereocenters. The maximum Gasteiger partial charge on any atom is 0.326 e. The number of rotatable bonds is 6. The molecule has 5 aromatic rings. The molecular weight excluding hydrogens is 544 g/mol. The first-order valence-electron chi connectivity index (χ1n) is 13.6. The molecule has 1 aliphatic heterocycles. The van der Waals surface area contributed by atoms with Crippen molar-refractivity contribution in [3.05, 3.63) is 92.7 Å². The number of nitrogens with one attached hydrogen (secondary N) is 3. The number of phenolic OH excluding ortho intramolecular Hbond substituents is 1. The van der Waals surface area contributed by atoms with Crippen LogP contribution in [0.15, 0.2) is 76.3 Å². The number of nitrogens with zero attached hydrogens (tertiary/aromatic N) is 3. The van der Waals surface area contributed by atoms with Crippen molar-refractivity contribution in [2.24, 2.45) is 0 Å². The van der Waals surface area contributed by atoms with Gasteiger partial charge in [-0.25, -0.2) is 9.59 Å². The highest BCUT2D eigenvalue weighted by atomic mass is 35.5. The molecule has 0 unspecified atom stereocenters. The van der Waals surface area contributed by atoms with Crippen LogP contribution in [0.3, 0.4) is 0 Å². The monoisotopic (exact) mass is 576 g/mol. The molecule has 0 aliphatic carbocycles. The maximum absolute atomic E-state index is 12.5. The number of halogens is 1. The summed E-state index contributed by atoms with van der Waals surface area (Å²) in [5, 5.41) is 12.1. The summed E-state index contributed by atoms with van der Waals surface area (Å²) >= 11 is 6.05. The number of aromatic amines is 2. The molecule has 1 aliphatic rings. The predicted octanol–water partition coefficient (Wildman–Crippen LogP) is 4.70. The van der Waals surface area contributed by atoms with Crippen LogP contribution < -0.4 is 16.7 Å². The number of hydrogen-bond acceptors (Lipinski definition) is 5. The third-order valence-corrected chi connectivity index (χ3v) is 7.56. The third kappa shape index (κ3) is 6.72. The molecule has 214 valence electrons. The number of carbonyl (C=O) groups is 1. The molecule has 2 aromatic heterocycles. The van der Waals surface area contributed by atoms with Crippen LogP contribution in [-0.2, 0) is 11.3 Å². The van der Waals surface area contributed by atoms with Crippen molar-refractivity contribution in [2.75, 3.05) is 25.0 Å². The van der Waals surface area contributed by atoms with E-state index in [1.54, 1.807) is 18.2 Å². The van der Waals surface area contributed by atoms with Gasteiger partial charge < -0.3 is 25.3 Å². The number of fused-ring (bicyclic) bond motifs is 2. The van der Waals surface area contributed by atoms with Gasteiger partial charge in [-0.3, -0.25) is 13.9 Å². The zero-order chi connectivity index (χ0) is 28.9. The Kier molecular flexibility index (Phi) is 8.61. The number of phenols is 1. The van der Waals surface area contributed by atoms with Crippen LogP contribution in [-0.4, -0.2) is 54.7 Å². The predicted molar refractivity (Wildman–Crippen MR) is 162 cm³/mol. The average molecular weight is 577 g/mol. The van der Waals surface area contributed by atoms with Crippen LogP contribution in [0.25, 0.3) is 22.1 Å². The van der Waals surface area contributed by atoms with Crippen LogP contribution in [0.1, 0.15) is 32.2 Å². The Bertz CT molecular complexity index is 1760. The largest absolute Gasteiger partial charge is 0.508 e. The Hall–Kier alpha value is -4.28. The zero-order valence-corrected chi connectivity index (χ0v) is 23.5. The van der Waals surface area contributed by atoms with E-state index in [1.165, 1.54) is 19.1 Å². The third-order valence-electron chi connectivity index (χ3n) is 7.33. The van der Waals surface area contributed by atoms with Gasteiger partial charge in [0.1, 0.15) is 5.75 Å². The van der Waals surface area contributed by atoms with Gasteiger partial charge in [0, 0.05) is 43.3 Å². The number of benzene rings is 3. The zero-order valence-electron chi connectivity index (χ0n) is 22.8. The molecule has 4 N–H and O–H groups in total. The highest BCUT2D eigenvalue weighted by Gasteiger charge is 2.23. The summed E-state index contributed by atoms with van der Waals surface area (Å²) in [4.78, 5) is 43.5. The number of aromatic hydroxyl groups is 1. The molecule has 41 heavy (non-hydrogen) atoms. The number of H-pyrrole nitrogens is 2. The van der Waals surface area contributed by atoms with Crippen LogP contribution in [0.5, 0.6) is 5.75 Å². The lowest BCUT2D eigenvalue weighted by atomic mass is 10.0. The van der Waals surface area contributed by atoms with E-state index in [-0.39, 0.29) is 29.1 Å². The van der Waals surface area contributed by atoms with E-state index in [0.29, 0.717) is 17.3 Å². The first-order valence-corrected chi connectivity index (χ1v) is 14.0. The molecule has 3 heterocycles. The number of likely N-dealkylation sites (tertiary alicyclic amines) is 1. The normalized spacial score (nSPS) is 14.2. The fourth-order valence-electron chi connectivity index (χ4n) is 5.40. The Balaban J connectivity index is 0.000000259. The fraction of sp³-hybridized carbons (Fsp3) is 0.300. The van der Waals surface area contributed by atoms with Crippen LogP contribution >= 0.6 is 11.6 Å². The summed E-state index contributed by atoms with van der Waals surface area (Å²) in [5.41, 5.74) is 4.13. The molecular formula is C30H33ClN6O4.